The Bertz CT molecular complexity index is 1070. The van der Waals surface area contributed by atoms with Crippen molar-refractivity contribution in [2.45, 2.75) is 13.0 Å². The highest BCUT2D eigenvalue weighted by Gasteiger charge is 2.13. The fraction of sp³-hybridized carbons (Fsp3) is 0.250. The van der Waals surface area contributed by atoms with Crippen LogP contribution in [0.5, 0.6) is 17.2 Å². The molecule has 0 aliphatic carbocycles. The number of rotatable bonds is 10. The van der Waals surface area contributed by atoms with E-state index in [0.717, 1.165) is 11.1 Å². The van der Waals surface area contributed by atoms with E-state index in [2.05, 4.69) is 10.3 Å². The molecule has 3 rings (SSSR count). The first-order valence-corrected chi connectivity index (χ1v) is 10.8. The number of hydrogen-bond donors (Lipinski definition) is 1. The van der Waals surface area contributed by atoms with Gasteiger partial charge in [-0.2, -0.15) is 0 Å². The van der Waals surface area contributed by atoms with E-state index < -0.39 is 0 Å². The van der Waals surface area contributed by atoms with Crippen LogP contribution in [-0.2, 0) is 4.74 Å². The summed E-state index contributed by atoms with van der Waals surface area (Å²) in [6, 6.07) is 11.0. The van der Waals surface area contributed by atoms with Crippen molar-refractivity contribution in [1.29, 1.82) is 0 Å². The summed E-state index contributed by atoms with van der Waals surface area (Å²) in [5, 5.41) is 5.14. The molecule has 3 aromatic rings. The molecule has 7 nitrogen and oxygen atoms in total. The number of nitrogens with zero attached hydrogens (tertiary/aromatic N) is 1. The minimum atomic E-state index is -0.265. The molecule has 0 saturated heterocycles. The van der Waals surface area contributed by atoms with Gasteiger partial charge in [0.25, 0.3) is 5.91 Å². The molecular weight excluding hydrogens is 428 g/mol. The molecule has 0 unspecified atom stereocenters. The van der Waals surface area contributed by atoms with E-state index in [0.29, 0.717) is 34.6 Å². The van der Waals surface area contributed by atoms with Gasteiger partial charge in [0.1, 0.15) is 11.9 Å². The second kappa shape index (κ2) is 11.3. The lowest BCUT2D eigenvalue weighted by Gasteiger charge is -2.15. The molecule has 1 N–H and O–H groups in total. The Kier molecular flexibility index (Phi) is 8.24. The van der Waals surface area contributed by atoms with Crippen molar-refractivity contribution in [2.24, 2.45) is 0 Å². The summed E-state index contributed by atoms with van der Waals surface area (Å²) in [7, 11) is 4.82. The number of hydrogen-bond acceptors (Lipinski definition) is 7. The average Bonchev–Trinajstić information content (AvgIpc) is 3.30. The fourth-order valence-electron chi connectivity index (χ4n) is 3.10. The molecule has 0 spiro atoms. The van der Waals surface area contributed by atoms with Crippen LogP contribution in [0.15, 0.2) is 48.0 Å². The van der Waals surface area contributed by atoms with Gasteiger partial charge in [-0.25, -0.2) is 4.98 Å². The second-order valence-electron chi connectivity index (χ2n) is 6.88. The largest absolute Gasteiger partial charge is 0.493 e. The van der Waals surface area contributed by atoms with E-state index in [4.69, 9.17) is 18.9 Å². The Labute approximate surface area is 191 Å². The zero-order valence-electron chi connectivity index (χ0n) is 18.5. The first-order valence-electron chi connectivity index (χ1n) is 9.94. The summed E-state index contributed by atoms with van der Waals surface area (Å²) in [4.78, 5) is 16.9. The molecular formula is C24H26N2O5S. The second-order valence-corrected chi connectivity index (χ2v) is 7.78. The van der Waals surface area contributed by atoms with Gasteiger partial charge >= 0.3 is 0 Å². The van der Waals surface area contributed by atoms with Crippen molar-refractivity contribution in [3.05, 3.63) is 64.7 Å². The summed E-state index contributed by atoms with van der Waals surface area (Å²) >= 11 is 1.36. The number of anilines is 1. The highest BCUT2D eigenvalue weighted by molar-refractivity contribution is 7.13. The van der Waals surface area contributed by atoms with Crippen LogP contribution in [0.1, 0.15) is 28.4 Å². The first-order chi connectivity index (χ1) is 15.5. The topological polar surface area (TPSA) is 78.9 Å². The van der Waals surface area contributed by atoms with Gasteiger partial charge in [0.05, 0.1) is 20.8 Å². The van der Waals surface area contributed by atoms with Crippen LogP contribution in [-0.4, -0.2) is 44.9 Å². The maximum Gasteiger partial charge on any atom is 0.257 e. The van der Waals surface area contributed by atoms with Crippen LogP contribution in [0.3, 0.4) is 0 Å². The zero-order valence-corrected chi connectivity index (χ0v) is 19.3. The van der Waals surface area contributed by atoms with E-state index in [1.165, 1.54) is 11.3 Å². The monoisotopic (exact) mass is 454 g/mol. The standard InChI is InChI=1S/C24H26N2O5S/c1-16(15-28-2)31-20-13-17(8-9-18-6-5-7-21(29-3)22(18)30-4)12-19(14-20)23(27)26-24-25-10-11-32-24/h5-14,16H,15H2,1-4H3,(H,25,26,27)/t16-/m0/s1. The van der Waals surface area contributed by atoms with Crippen LogP contribution in [0.2, 0.25) is 0 Å². The summed E-state index contributed by atoms with van der Waals surface area (Å²) in [6.07, 6.45) is 5.27. The van der Waals surface area contributed by atoms with Gasteiger partial charge in [0, 0.05) is 29.8 Å². The van der Waals surface area contributed by atoms with Crippen LogP contribution in [0.25, 0.3) is 12.2 Å². The average molecular weight is 455 g/mol. The van der Waals surface area contributed by atoms with Crippen molar-refractivity contribution in [2.75, 3.05) is 33.3 Å². The highest BCUT2D eigenvalue weighted by Crippen LogP contribution is 2.32. The molecule has 0 radical (unpaired) electrons. The van der Waals surface area contributed by atoms with Crippen LogP contribution < -0.4 is 19.5 Å². The number of amides is 1. The lowest BCUT2D eigenvalue weighted by atomic mass is 10.1. The third-order valence-electron chi connectivity index (χ3n) is 4.47. The molecule has 2 aromatic carbocycles. The SMILES string of the molecule is COC[C@H](C)Oc1cc(C=Cc2cccc(OC)c2OC)cc(C(=O)Nc2nccs2)c1. The van der Waals surface area contributed by atoms with Crippen LogP contribution >= 0.6 is 11.3 Å². The normalized spacial score (nSPS) is 11.9. The van der Waals surface area contributed by atoms with E-state index in [1.807, 2.05) is 43.3 Å². The predicted octanol–water partition coefficient (Wildman–Crippen LogP) is 5.00. The molecule has 1 aromatic heterocycles. The number of carbonyl (C=O) groups excluding carboxylic acids is 1. The van der Waals surface area contributed by atoms with Crippen molar-refractivity contribution in [1.82, 2.24) is 4.98 Å². The number of aromatic nitrogens is 1. The van der Waals surface area contributed by atoms with Crippen molar-refractivity contribution in [3.63, 3.8) is 0 Å². The highest BCUT2D eigenvalue weighted by atomic mass is 32.1. The molecule has 1 heterocycles. The Morgan fingerprint density at radius 2 is 2.00 bits per heavy atom. The predicted molar refractivity (Wildman–Crippen MR) is 127 cm³/mol. The van der Waals surface area contributed by atoms with Crippen molar-refractivity contribution in [3.8, 4) is 17.2 Å². The van der Waals surface area contributed by atoms with E-state index in [9.17, 15) is 4.79 Å². The molecule has 1 amide bonds. The molecule has 0 saturated carbocycles. The number of ether oxygens (including phenoxy) is 4. The quantitative estimate of drug-likeness (QED) is 0.435. The number of nitrogens with one attached hydrogen (secondary N) is 1. The minimum Gasteiger partial charge on any atom is -0.493 e. The van der Waals surface area contributed by atoms with E-state index >= 15 is 0 Å². The van der Waals surface area contributed by atoms with E-state index in [-0.39, 0.29) is 12.0 Å². The molecule has 0 aliphatic rings. The molecule has 8 heteroatoms. The van der Waals surface area contributed by atoms with E-state index in [1.54, 1.807) is 45.0 Å². The molecule has 1 atom stereocenters. The summed E-state index contributed by atoms with van der Waals surface area (Å²) in [6.45, 7) is 2.34. The Hall–Kier alpha value is -3.36. The Morgan fingerprint density at radius 3 is 2.69 bits per heavy atom. The van der Waals surface area contributed by atoms with Crippen molar-refractivity contribution < 1.29 is 23.7 Å². The van der Waals surface area contributed by atoms with Gasteiger partial charge in [0.2, 0.25) is 0 Å². The van der Waals surface area contributed by atoms with Gasteiger partial charge in [-0.3, -0.25) is 10.1 Å². The minimum absolute atomic E-state index is 0.174. The maximum absolute atomic E-state index is 12.8. The molecule has 0 fully saturated rings. The van der Waals surface area contributed by atoms with Gasteiger partial charge in [-0.05, 0) is 36.8 Å². The smallest absolute Gasteiger partial charge is 0.257 e. The summed E-state index contributed by atoms with van der Waals surface area (Å²) in [5.74, 6) is 1.58. The lowest BCUT2D eigenvalue weighted by molar-refractivity contribution is 0.0917. The number of para-hydroxylation sites is 1. The van der Waals surface area contributed by atoms with Crippen LogP contribution in [0.4, 0.5) is 5.13 Å². The summed E-state index contributed by atoms with van der Waals surface area (Å²) in [5.41, 5.74) is 2.10. The Balaban J connectivity index is 1.93. The van der Waals surface area contributed by atoms with Gasteiger partial charge in [-0.1, -0.05) is 24.3 Å². The van der Waals surface area contributed by atoms with Gasteiger partial charge in [-0.15, -0.1) is 11.3 Å². The Morgan fingerprint density at radius 1 is 1.16 bits per heavy atom. The van der Waals surface area contributed by atoms with Gasteiger partial charge in [0.15, 0.2) is 16.6 Å². The lowest BCUT2D eigenvalue weighted by Crippen LogP contribution is -2.18. The molecule has 32 heavy (non-hydrogen) atoms. The third-order valence-corrected chi connectivity index (χ3v) is 5.16. The fourth-order valence-corrected chi connectivity index (χ4v) is 3.63. The molecule has 168 valence electrons. The number of methoxy groups -OCH3 is 3. The maximum atomic E-state index is 12.8. The summed E-state index contributed by atoms with van der Waals surface area (Å²) < 4.78 is 22.0. The molecule has 0 aliphatic heterocycles. The van der Waals surface area contributed by atoms with Gasteiger partial charge < -0.3 is 18.9 Å². The molecule has 0 bridgehead atoms. The first kappa shape index (κ1) is 23.3. The third kappa shape index (κ3) is 6.09. The van der Waals surface area contributed by atoms with Crippen molar-refractivity contribution >= 4 is 34.5 Å². The van der Waals surface area contributed by atoms with Crippen LogP contribution in [0, 0.1) is 0 Å². The number of thiazole rings is 1. The number of carbonyl (C=O) groups is 1. The zero-order chi connectivity index (χ0) is 22.9. The number of benzene rings is 2.